The predicted molar refractivity (Wildman–Crippen MR) is 126 cm³/mol. The average Bonchev–Trinajstić information content (AvgIpc) is 3.29. The fourth-order valence-corrected chi connectivity index (χ4v) is 3.58. The third-order valence-electron chi connectivity index (χ3n) is 5.31. The molecule has 0 radical (unpaired) electrons. The van der Waals surface area contributed by atoms with Gasteiger partial charge in [0.05, 0.1) is 32.0 Å². The first-order chi connectivity index (χ1) is 15.1. The van der Waals surface area contributed by atoms with Gasteiger partial charge < -0.3 is 25.0 Å². The smallest absolute Gasteiger partial charge is 0.191 e. The van der Waals surface area contributed by atoms with Crippen molar-refractivity contribution in [2.75, 3.05) is 32.6 Å². The number of benzene rings is 1. The molecule has 0 amide bonds. The monoisotopic (exact) mass is 425 g/mol. The number of aliphatic imine (C=N–C) groups is 1. The molecule has 3 rings (SSSR count). The summed E-state index contributed by atoms with van der Waals surface area (Å²) < 4.78 is 11.7. The van der Waals surface area contributed by atoms with Gasteiger partial charge in [0.2, 0.25) is 0 Å². The van der Waals surface area contributed by atoms with E-state index in [4.69, 9.17) is 14.5 Å². The van der Waals surface area contributed by atoms with Crippen LogP contribution in [0.5, 0.6) is 11.5 Å². The van der Waals surface area contributed by atoms with Gasteiger partial charge in [-0.2, -0.15) is 0 Å². The molecule has 31 heavy (non-hydrogen) atoms. The first kappa shape index (κ1) is 22.7. The van der Waals surface area contributed by atoms with E-state index in [-0.39, 0.29) is 6.10 Å². The first-order valence-corrected chi connectivity index (χ1v) is 11.1. The molecule has 1 fully saturated rings. The van der Waals surface area contributed by atoms with E-state index in [0.717, 1.165) is 53.9 Å². The lowest BCUT2D eigenvalue weighted by atomic mass is 10.2. The highest BCUT2D eigenvalue weighted by Crippen LogP contribution is 2.30. The molecular formula is C24H35N5O2. The highest BCUT2D eigenvalue weighted by atomic mass is 16.5. The van der Waals surface area contributed by atoms with Crippen LogP contribution in [0.15, 0.2) is 41.4 Å². The maximum absolute atomic E-state index is 6.30. The Bertz CT molecular complexity index is 863. The molecular weight excluding hydrogens is 390 g/mol. The normalized spacial score (nSPS) is 14.4. The second-order valence-electron chi connectivity index (χ2n) is 7.93. The minimum Gasteiger partial charge on any atom is -0.497 e. The summed E-state index contributed by atoms with van der Waals surface area (Å²) in [6.07, 6.45) is 4.99. The molecule has 0 bridgehead atoms. The van der Waals surface area contributed by atoms with Gasteiger partial charge in [-0.15, -0.1) is 0 Å². The van der Waals surface area contributed by atoms with Crippen molar-refractivity contribution in [1.82, 2.24) is 15.6 Å². The Morgan fingerprint density at radius 3 is 2.68 bits per heavy atom. The maximum atomic E-state index is 6.30. The number of nitrogens with zero attached hydrogens (tertiary/aromatic N) is 3. The van der Waals surface area contributed by atoms with Gasteiger partial charge in [0.1, 0.15) is 17.3 Å². The average molecular weight is 426 g/mol. The van der Waals surface area contributed by atoms with Crippen LogP contribution in [0, 0.1) is 0 Å². The van der Waals surface area contributed by atoms with Gasteiger partial charge >= 0.3 is 0 Å². The fraction of sp³-hybridized carbons (Fsp3) is 0.500. The molecule has 7 heteroatoms. The highest BCUT2D eigenvalue weighted by Gasteiger charge is 2.18. The van der Waals surface area contributed by atoms with Crippen molar-refractivity contribution in [3.63, 3.8) is 0 Å². The highest BCUT2D eigenvalue weighted by molar-refractivity contribution is 5.79. The number of hydrogen-bond donors (Lipinski definition) is 2. The van der Waals surface area contributed by atoms with Crippen LogP contribution in [-0.2, 0) is 13.1 Å². The van der Waals surface area contributed by atoms with Crippen LogP contribution in [0.25, 0.3) is 0 Å². The van der Waals surface area contributed by atoms with Crippen molar-refractivity contribution in [2.45, 2.75) is 51.8 Å². The number of pyridine rings is 1. The summed E-state index contributed by atoms with van der Waals surface area (Å²) in [5.74, 6) is 3.36. The summed E-state index contributed by atoms with van der Waals surface area (Å²) in [6, 6.07) is 12.0. The summed E-state index contributed by atoms with van der Waals surface area (Å²) in [5, 5.41) is 6.69. The largest absolute Gasteiger partial charge is 0.497 e. The third kappa shape index (κ3) is 6.77. The van der Waals surface area contributed by atoms with Gasteiger partial charge in [-0.25, -0.2) is 9.98 Å². The second-order valence-corrected chi connectivity index (χ2v) is 7.93. The van der Waals surface area contributed by atoms with Gasteiger partial charge in [0.25, 0.3) is 0 Å². The van der Waals surface area contributed by atoms with Crippen molar-refractivity contribution in [2.24, 2.45) is 4.99 Å². The van der Waals surface area contributed by atoms with Crippen molar-refractivity contribution in [3.8, 4) is 11.5 Å². The van der Waals surface area contributed by atoms with Gasteiger partial charge in [-0.3, -0.25) is 0 Å². The molecule has 7 nitrogen and oxygen atoms in total. The zero-order chi connectivity index (χ0) is 22.1. The number of guanidine groups is 1. The minimum absolute atomic E-state index is 0.288. The number of rotatable bonds is 9. The molecule has 1 aromatic heterocycles. The second kappa shape index (κ2) is 11.4. The summed E-state index contributed by atoms with van der Waals surface area (Å²) in [7, 11) is 5.66. The number of anilines is 1. The molecule has 0 unspecified atom stereocenters. The molecule has 1 aliphatic rings. The minimum atomic E-state index is 0.288. The lowest BCUT2D eigenvalue weighted by Gasteiger charge is -2.17. The van der Waals surface area contributed by atoms with Crippen LogP contribution in [0.3, 0.4) is 0 Å². The number of nitrogens with one attached hydrogen (secondary N) is 2. The summed E-state index contributed by atoms with van der Waals surface area (Å²) in [6.45, 7) is 3.96. The van der Waals surface area contributed by atoms with Crippen LogP contribution >= 0.6 is 0 Å². The van der Waals surface area contributed by atoms with E-state index in [0.29, 0.717) is 13.1 Å². The topological polar surface area (TPSA) is 71.0 Å². The maximum Gasteiger partial charge on any atom is 0.191 e. The molecule has 168 valence electrons. The Labute approximate surface area is 185 Å². The molecule has 1 aromatic carbocycles. The van der Waals surface area contributed by atoms with E-state index in [1.807, 2.05) is 55.4 Å². The molecule has 0 spiro atoms. The fourth-order valence-electron chi connectivity index (χ4n) is 3.58. The molecule has 0 atom stereocenters. The summed E-state index contributed by atoms with van der Waals surface area (Å²) in [5.41, 5.74) is 2.02. The molecule has 2 aromatic rings. The quantitative estimate of drug-likeness (QED) is 0.471. The zero-order valence-corrected chi connectivity index (χ0v) is 19.1. The standard InChI is InChI=1S/C24H35N5O2/c1-5-25-24(27-17-19-9-8-12-23(28-19)29(2)3)26-16-18-13-14-21(30-4)15-22(18)31-20-10-6-7-11-20/h8-9,12-15,20H,5-7,10-11,16-17H2,1-4H3,(H2,25,26,27). The van der Waals surface area contributed by atoms with E-state index in [1.165, 1.54) is 12.8 Å². The summed E-state index contributed by atoms with van der Waals surface area (Å²) in [4.78, 5) is 11.4. The Morgan fingerprint density at radius 1 is 1.16 bits per heavy atom. The van der Waals surface area contributed by atoms with E-state index in [1.54, 1.807) is 7.11 Å². The SMILES string of the molecule is CCNC(=NCc1ccc(OC)cc1OC1CCCC1)NCc1cccc(N(C)C)n1. The predicted octanol–water partition coefficient (Wildman–Crippen LogP) is 3.73. The van der Waals surface area contributed by atoms with E-state index in [9.17, 15) is 0 Å². The van der Waals surface area contributed by atoms with Crippen LogP contribution in [-0.4, -0.2) is 44.8 Å². The van der Waals surface area contributed by atoms with Gasteiger partial charge in [-0.1, -0.05) is 6.07 Å². The van der Waals surface area contributed by atoms with E-state index < -0.39 is 0 Å². The Balaban J connectivity index is 1.69. The number of methoxy groups -OCH3 is 1. The Morgan fingerprint density at radius 2 is 1.97 bits per heavy atom. The Kier molecular flexibility index (Phi) is 8.38. The van der Waals surface area contributed by atoms with Gasteiger partial charge in [0, 0.05) is 32.3 Å². The van der Waals surface area contributed by atoms with E-state index in [2.05, 4.69) is 22.5 Å². The van der Waals surface area contributed by atoms with Gasteiger partial charge in [-0.05, 0) is 56.9 Å². The molecule has 1 saturated carbocycles. The van der Waals surface area contributed by atoms with Crippen molar-refractivity contribution in [1.29, 1.82) is 0 Å². The molecule has 1 aliphatic carbocycles. The number of hydrogen-bond acceptors (Lipinski definition) is 5. The van der Waals surface area contributed by atoms with Crippen molar-refractivity contribution < 1.29 is 9.47 Å². The number of aromatic nitrogens is 1. The van der Waals surface area contributed by atoms with Crippen molar-refractivity contribution in [3.05, 3.63) is 47.7 Å². The third-order valence-corrected chi connectivity index (χ3v) is 5.31. The molecule has 2 N–H and O–H groups in total. The van der Waals surface area contributed by atoms with Gasteiger partial charge in [0.15, 0.2) is 5.96 Å². The lowest BCUT2D eigenvalue weighted by Crippen LogP contribution is -2.37. The zero-order valence-electron chi connectivity index (χ0n) is 19.1. The molecule has 0 aliphatic heterocycles. The van der Waals surface area contributed by atoms with E-state index >= 15 is 0 Å². The van der Waals surface area contributed by atoms with Crippen LogP contribution < -0.4 is 25.0 Å². The summed E-state index contributed by atoms with van der Waals surface area (Å²) >= 11 is 0. The van der Waals surface area contributed by atoms with Crippen LogP contribution in [0.2, 0.25) is 0 Å². The lowest BCUT2D eigenvalue weighted by molar-refractivity contribution is 0.207. The molecule has 0 saturated heterocycles. The van der Waals surface area contributed by atoms with Crippen LogP contribution in [0.1, 0.15) is 43.9 Å². The Hall–Kier alpha value is -2.96. The number of ether oxygens (including phenoxy) is 2. The first-order valence-electron chi connectivity index (χ1n) is 11.1. The molecule has 1 heterocycles. The van der Waals surface area contributed by atoms with Crippen molar-refractivity contribution >= 4 is 11.8 Å². The van der Waals surface area contributed by atoms with Crippen LogP contribution in [0.4, 0.5) is 5.82 Å².